The van der Waals surface area contributed by atoms with E-state index in [0.717, 1.165) is 17.4 Å². The van der Waals surface area contributed by atoms with E-state index in [1.165, 1.54) is 30.0 Å². The third-order valence-corrected chi connectivity index (χ3v) is 5.63. The second-order valence-electron chi connectivity index (χ2n) is 6.69. The Morgan fingerprint density at radius 1 is 1.00 bits per heavy atom. The normalized spacial score (nSPS) is 10.9. The highest BCUT2D eigenvalue weighted by Gasteiger charge is 2.16. The number of halogens is 1. The van der Waals surface area contributed by atoms with Gasteiger partial charge in [-0.3, -0.25) is 4.79 Å². The Morgan fingerprint density at radius 3 is 2.50 bits per heavy atom. The number of nitrogens with one attached hydrogen (secondary N) is 1. The Balaban J connectivity index is 1.61. The molecule has 32 heavy (non-hydrogen) atoms. The van der Waals surface area contributed by atoms with Crippen molar-refractivity contribution < 1.29 is 19.7 Å². The molecule has 0 spiro atoms. The summed E-state index contributed by atoms with van der Waals surface area (Å²) in [7, 11) is 0. The minimum atomic E-state index is -0.527. The molecular formula is C21H17ClN4O5S. The molecule has 9 nitrogen and oxygen atoms in total. The topological polar surface area (TPSA) is 134 Å². The number of hydrogen-bond donors (Lipinski definition) is 4. The Labute approximate surface area is 190 Å². The summed E-state index contributed by atoms with van der Waals surface area (Å²) in [6.45, 7) is 0.300. The lowest BCUT2D eigenvalue weighted by atomic mass is 10.2. The van der Waals surface area contributed by atoms with Gasteiger partial charge in [0.1, 0.15) is 12.0 Å². The molecule has 0 fully saturated rings. The number of aromatic nitrogens is 3. The number of thioether (sulfide) groups is 1. The van der Waals surface area contributed by atoms with Gasteiger partial charge < -0.3 is 25.2 Å². The van der Waals surface area contributed by atoms with E-state index in [4.69, 9.17) is 16.0 Å². The number of hydrogen-bond acceptors (Lipinski definition) is 9. The maximum Gasteiger partial charge on any atom is 0.226 e. The van der Waals surface area contributed by atoms with Gasteiger partial charge in [-0.05, 0) is 42.0 Å². The monoisotopic (exact) mass is 472 g/mol. The van der Waals surface area contributed by atoms with E-state index in [0.29, 0.717) is 28.3 Å². The molecule has 0 saturated heterocycles. The van der Waals surface area contributed by atoms with Crippen LogP contribution in [0.25, 0.3) is 11.4 Å². The molecule has 0 unspecified atom stereocenters. The fourth-order valence-electron chi connectivity index (χ4n) is 2.80. The first-order valence-electron chi connectivity index (χ1n) is 9.30. The van der Waals surface area contributed by atoms with E-state index in [2.05, 4.69) is 15.6 Å². The van der Waals surface area contributed by atoms with Crippen LogP contribution in [0.1, 0.15) is 11.3 Å². The first kappa shape index (κ1) is 21.6. The summed E-state index contributed by atoms with van der Waals surface area (Å²) in [6, 6.07) is 12.8. The molecule has 0 bridgehead atoms. The summed E-state index contributed by atoms with van der Waals surface area (Å²) in [5, 5.41) is 38.2. The standard InChI is InChI=1S/C21H17ClN4O5S/c22-14-4-2-13(3-5-14)20-24-25-21(32-11-15-8-18(29)19(30)10-31-15)26(20)23-9-12-1-6-16(27)17(28)7-12/h1-8,10,23,27-28,30H,9,11H2. The Morgan fingerprint density at radius 2 is 1.78 bits per heavy atom. The smallest absolute Gasteiger partial charge is 0.226 e. The highest BCUT2D eigenvalue weighted by Crippen LogP contribution is 2.28. The minimum Gasteiger partial charge on any atom is -0.504 e. The fourth-order valence-corrected chi connectivity index (χ4v) is 3.72. The first-order chi connectivity index (χ1) is 15.4. The maximum atomic E-state index is 11.6. The van der Waals surface area contributed by atoms with Crippen molar-refractivity contribution in [3.8, 4) is 28.6 Å². The second kappa shape index (κ2) is 9.25. The molecular weight excluding hydrogens is 456 g/mol. The molecule has 4 rings (SSSR count). The van der Waals surface area contributed by atoms with E-state index in [1.54, 1.807) is 22.9 Å². The lowest BCUT2D eigenvalue weighted by molar-refractivity contribution is 0.403. The van der Waals surface area contributed by atoms with E-state index >= 15 is 0 Å². The van der Waals surface area contributed by atoms with Gasteiger partial charge in [-0.15, -0.1) is 10.2 Å². The summed E-state index contributed by atoms with van der Waals surface area (Å²) in [5.41, 5.74) is 4.17. The predicted octanol–water partition coefficient (Wildman–Crippen LogP) is 3.70. The zero-order valence-electron chi connectivity index (χ0n) is 16.4. The molecule has 0 amide bonds. The molecule has 0 aliphatic heterocycles. The molecule has 4 N–H and O–H groups in total. The van der Waals surface area contributed by atoms with Gasteiger partial charge in [0, 0.05) is 16.7 Å². The van der Waals surface area contributed by atoms with Crippen LogP contribution in [0.5, 0.6) is 17.2 Å². The van der Waals surface area contributed by atoms with Crippen LogP contribution in [-0.4, -0.2) is 30.2 Å². The number of rotatable bonds is 7. The molecule has 11 heteroatoms. The van der Waals surface area contributed by atoms with Gasteiger partial charge in [-0.25, -0.2) is 4.68 Å². The molecule has 0 atom stereocenters. The van der Waals surface area contributed by atoms with Crippen molar-refractivity contribution in [1.29, 1.82) is 0 Å². The van der Waals surface area contributed by atoms with Crippen LogP contribution >= 0.6 is 23.4 Å². The number of benzene rings is 2. The molecule has 2 aromatic heterocycles. The lowest BCUT2D eigenvalue weighted by Gasteiger charge is -2.13. The first-order valence-corrected chi connectivity index (χ1v) is 10.7. The summed E-state index contributed by atoms with van der Waals surface area (Å²) in [5.74, 6) is 0.291. The van der Waals surface area contributed by atoms with Crippen LogP contribution in [0.4, 0.5) is 0 Å². The van der Waals surface area contributed by atoms with Crippen LogP contribution in [0.2, 0.25) is 5.02 Å². The SMILES string of the molecule is O=c1cc(CSc2nnc(-c3ccc(Cl)cc3)n2NCc2ccc(O)c(O)c2)occ1O. The van der Waals surface area contributed by atoms with Crippen molar-refractivity contribution in [1.82, 2.24) is 14.9 Å². The van der Waals surface area contributed by atoms with Gasteiger partial charge in [0.2, 0.25) is 10.6 Å². The highest BCUT2D eigenvalue weighted by molar-refractivity contribution is 7.98. The van der Waals surface area contributed by atoms with Gasteiger partial charge in [0.05, 0.1) is 12.3 Å². The molecule has 4 aromatic rings. The summed E-state index contributed by atoms with van der Waals surface area (Å²) in [6.07, 6.45) is 0.998. The average Bonchev–Trinajstić information content (AvgIpc) is 3.18. The van der Waals surface area contributed by atoms with Gasteiger partial charge in [0.15, 0.2) is 23.1 Å². The number of phenols is 2. The van der Waals surface area contributed by atoms with Crippen LogP contribution in [0.15, 0.2) is 69.2 Å². The summed E-state index contributed by atoms with van der Waals surface area (Å²) < 4.78 is 6.92. The largest absolute Gasteiger partial charge is 0.504 e. The third-order valence-electron chi connectivity index (χ3n) is 4.43. The van der Waals surface area contributed by atoms with E-state index in [1.807, 2.05) is 12.1 Å². The van der Waals surface area contributed by atoms with Crippen molar-refractivity contribution >= 4 is 23.4 Å². The van der Waals surface area contributed by atoms with Crippen LogP contribution in [0, 0.1) is 0 Å². The Hall–Kier alpha value is -3.63. The molecule has 2 aromatic carbocycles. The highest BCUT2D eigenvalue weighted by atomic mass is 35.5. The third kappa shape index (κ3) is 4.82. The van der Waals surface area contributed by atoms with Crippen LogP contribution in [-0.2, 0) is 12.3 Å². The van der Waals surface area contributed by atoms with Gasteiger partial charge >= 0.3 is 0 Å². The molecule has 0 aliphatic rings. The van der Waals surface area contributed by atoms with Crippen molar-refractivity contribution in [3.63, 3.8) is 0 Å². The van der Waals surface area contributed by atoms with Gasteiger partial charge in [-0.2, -0.15) is 0 Å². The summed E-state index contributed by atoms with van der Waals surface area (Å²) in [4.78, 5) is 11.6. The lowest BCUT2D eigenvalue weighted by Crippen LogP contribution is -2.17. The predicted molar refractivity (Wildman–Crippen MR) is 120 cm³/mol. The van der Waals surface area contributed by atoms with Crippen LogP contribution in [0.3, 0.4) is 0 Å². The number of aromatic hydroxyl groups is 3. The van der Waals surface area contributed by atoms with Gasteiger partial charge in [-0.1, -0.05) is 29.4 Å². The fraction of sp³-hybridized carbons (Fsp3) is 0.0952. The zero-order valence-corrected chi connectivity index (χ0v) is 18.0. The number of nitrogens with zero attached hydrogens (tertiary/aromatic N) is 3. The van der Waals surface area contributed by atoms with Gasteiger partial charge in [0.25, 0.3) is 0 Å². The maximum absolute atomic E-state index is 11.6. The molecule has 164 valence electrons. The number of phenolic OH excluding ortho intramolecular Hbond substituents is 2. The van der Waals surface area contributed by atoms with Crippen molar-refractivity contribution in [2.45, 2.75) is 17.5 Å². The molecule has 0 radical (unpaired) electrons. The van der Waals surface area contributed by atoms with Crippen molar-refractivity contribution in [2.75, 3.05) is 5.43 Å². The van der Waals surface area contributed by atoms with E-state index in [9.17, 15) is 20.1 Å². The van der Waals surface area contributed by atoms with Crippen molar-refractivity contribution in [3.05, 3.63) is 81.4 Å². The van der Waals surface area contributed by atoms with E-state index in [-0.39, 0.29) is 17.3 Å². The Bertz CT molecular complexity index is 1310. The van der Waals surface area contributed by atoms with Crippen LogP contribution < -0.4 is 10.9 Å². The van der Waals surface area contributed by atoms with E-state index < -0.39 is 11.2 Å². The molecule has 0 saturated carbocycles. The average molecular weight is 473 g/mol. The van der Waals surface area contributed by atoms with Crippen molar-refractivity contribution in [2.24, 2.45) is 0 Å². The quantitative estimate of drug-likeness (QED) is 0.234. The zero-order chi connectivity index (χ0) is 22.7. The summed E-state index contributed by atoms with van der Waals surface area (Å²) >= 11 is 7.27. The molecule has 2 heterocycles. The minimum absolute atomic E-state index is 0.202. The second-order valence-corrected chi connectivity index (χ2v) is 8.07. The molecule has 0 aliphatic carbocycles. The Kier molecular flexibility index (Phi) is 6.24.